The Kier molecular flexibility index (Phi) is 12.6. The molecule has 0 atom stereocenters. The highest BCUT2D eigenvalue weighted by molar-refractivity contribution is 5.79. The Morgan fingerprint density at radius 1 is 1.11 bits per heavy atom. The average Bonchev–Trinajstić information content (AvgIpc) is 2.63. The number of hydrogen-bond acceptors (Lipinski definition) is 5. The van der Waals surface area contributed by atoms with Crippen molar-refractivity contribution in [1.82, 2.24) is 16.0 Å². The zero-order valence-electron chi connectivity index (χ0n) is 18.1. The molecule has 1 fully saturated rings. The molecule has 0 aromatic rings. The number of ether oxygens (including phenoxy) is 3. The van der Waals surface area contributed by atoms with Crippen molar-refractivity contribution in [1.29, 1.82) is 0 Å². The van der Waals surface area contributed by atoms with Gasteiger partial charge in [0.05, 0.1) is 0 Å². The van der Waals surface area contributed by atoms with Gasteiger partial charge in [-0.2, -0.15) is 0 Å². The molecule has 0 aromatic heterocycles. The first-order chi connectivity index (χ1) is 13.4. The molecule has 1 aliphatic heterocycles. The second-order valence-electron chi connectivity index (χ2n) is 7.95. The highest BCUT2D eigenvalue weighted by Crippen LogP contribution is 2.14. The fourth-order valence-corrected chi connectivity index (χ4v) is 2.66. The van der Waals surface area contributed by atoms with Gasteiger partial charge in [-0.3, -0.25) is 4.99 Å². The van der Waals surface area contributed by atoms with Gasteiger partial charge in [0.2, 0.25) is 0 Å². The Labute approximate surface area is 170 Å². The standard InChI is InChI=1S/C20H40N4O4/c1-5-21-18(22-10-6-11-24-19(25)28-20(2,3)4)23-12-7-13-27-16-17-8-14-26-15-9-17/h17H,5-16H2,1-4H3,(H,24,25)(H2,21,22,23). The quantitative estimate of drug-likeness (QED) is 0.280. The third kappa shape index (κ3) is 13.6. The van der Waals surface area contributed by atoms with Crippen LogP contribution in [0.25, 0.3) is 0 Å². The molecular weight excluding hydrogens is 360 g/mol. The van der Waals surface area contributed by atoms with Gasteiger partial charge < -0.3 is 30.2 Å². The number of aliphatic imine (C=N–C) groups is 1. The predicted molar refractivity (Wildman–Crippen MR) is 112 cm³/mol. The molecule has 164 valence electrons. The summed E-state index contributed by atoms with van der Waals surface area (Å²) in [4.78, 5) is 16.1. The Balaban J connectivity index is 2.08. The van der Waals surface area contributed by atoms with Crippen LogP contribution >= 0.6 is 0 Å². The molecule has 1 rings (SSSR count). The molecule has 1 amide bonds. The Morgan fingerprint density at radius 3 is 2.50 bits per heavy atom. The summed E-state index contributed by atoms with van der Waals surface area (Å²) in [6.07, 6.45) is 3.52. The highest BCUT2D eigenvalue weighted by atomic mass is 16.6. The molecule has 1 heterocycles. The van der Waals surface area contributed by atoms with E-state index < -0.39 is 5.60 Å². The summed E-state index contributed by atoms with van der Waals surface area (Å²) in [5, 5.41) is 9.29. The van der Waals surface area contributed by atoms with Crippen LogP contribution in [0.2, 0.25) is 0 Å². The van der Waals surface area contributed by atoms with Crippen LogP contribution in [0.15, 0.2) is 4.99 Å². The zero-order chi connectivity index (χ0) is 20.7. The van der Waals surface area contributed by atoms with Gasteiger partial charge in [-0.15, -0.1) is 0 Å². The largest absolute Gasteiger partial charge is 0.444 e. The maximum atomic E-state index is 11.6. The van der Waals surface area contributed by atoms with Gasteiger partial charge in [-0.25, -0.2) is 4.79 Å². The average molecular weight is 401 g/mol. The number of hydrogen-bond donors (Lipinski definition) is 3. The first kappa shape index (κ1) is 24.5. The maximum absolute atomic E-state index is 11.6. The summed E-state index contributed by atoms with van der Waals surface area (Å²) in [6, 6.07) is 0. The molecule has 8 nitrogen and oxygen atoms in total. The van der Waals surface area contributed by atoms with Crippen molar-refractivity contribution >= 4 is 12.1 Å². The molecule has 3 N–H and O–H groups in total. The number of rotatable bonds is 11. The van der Waals surface area contributed by atoms with Crippen molar-refractivity contribution in [3.8, 4) is 0 Å². The van der Waals surface area contributed by atoms with Gasteiger partial charge in [-0.05, 0) is 59.3 Å². The van der Waals surface area contributed by atoms with Crippen molar-refractivity contribution in [2.24, 2.45) is 10.9 Å². The predicted octanol–water partition coefficient (Wildman–Crippen LogP) is 2.29. The van der Waals surface area contributed by atoms with E-state index >= 15 is 0 Å². The van der Waals surface area contributed by atoms with Crippen molar-refractivity contribution in [2.75, 3.05) is 52.6 Å². The molecule has 1 saturated heterocycles. The van der Waals surface area contributed by atoms with E-state index in [4.69, 9.17) is 14.2 Å². The lowest BCUT2D eigenvalue weighted by Gasteiger charge is -2.21. The van der Waals surface area contributed by atoms with Crippen LogP contribution in [0.4, 0.5) is 4.79 Å². The Morgan fingerprint density at radius 2 is 1.82 bits per heavy atom. The molecule has 0 unspecified atom stereocenters. The van der Waals surface area contributed by atoms with E-state index in [1.807, 2.05) is 27.7 Å². The van der Waals surface area contributed by atoms with Crippen LogP contribution in [-0.4, -0.2) is 70.3 Å². The van der Waals surface area contributed by atoms with Gasteiger partial charge in [0, 0.05) is 52.6 Å². The van der Waals surface area contributed by atoms with Crippen molar-refractivity contribution in [2.45, 2.75) is 59.0 Å². The fraction of sp³-hybridized carbons (Fsp3) is 0.900. The normalized spacial score (nSPS) is 15.9. The van der Waals surface area contributed by atoms with E-state index in [9.17, 15) is 4.79 Å². The lowest BCUT2D eigenvalue weighted by atomic mass is 10.0. The van der Waals surface area contributed by atoms with Crippen LogP contribution in [0.5, 0.6) is 0 Å². The first-order valence-electron chi connectivity index (χ1n) is 10.5. The molecule has 0 aromatic carbocycles. The van der Waals surface area contributed by atoms with Gasteiger partial charge in [0.15, 0.2) is 5.96 Å². The molecule has 28 heavy (non-hydrogen) atoms. The molecule has 0 bridgehead atoms. The summed E-state index contributed by atoms with van der Waals surface area (Å²) < 4.78 is 16.3. The topological polar surface area (TPSA) is 93.2 Å². The molecule has 0 radical (unpaired) electrons. The zero-order valence-corrected chi connectivity index (χ0v) is 18.1. The molecular formula is C20H40N4O4. The lowest BCUT2D eigenvalue weighted by Crippen LogP contribution is -2.38. The molecule has 1 aliphatic rings. The number of carbonyl (C=O) groups is 1. The highest BCUT2D eigenvalue weighted by Gasteiger charge is 2.15. The number of alkyl carbamates (subject to hydrolysis) is 1. The number of carbonyl (C=O) groups excluding carboxylic acids is 1. The minimum absolute atomic E-state index is 0.387. The maximum Gasteiger partial charge on any atom is 0.407 e. The summed E-state index contributed by atoms with van der Waals surface area (Å²) in [5.74, 6) is 1.44. The number of nitrogens with zero attached hydrogens (tertiary/aromatic N) is 1. The van der Waals surface area contributed by atoms with Crippen molar-refractivity contribution in [3.63, 3.8) is 0 Å². The summed E-state index contributed by atoms with van der Waals surface area (Å²) in [7, 11) is 0. The molecule has 0 spiro atoms. The Hall–Kier alpha value is -1.54. The number of amides is 1. The Bertz CT molecular complexity index is 446. The van der Waals surface area contributed by atoms with E-state index in [-0.39, 0.29) is 6.09 Å². The van der Waals surface area contributed by atoms with E-state index in [0.717, 1.165) is 71.2 Å². The van der Waals surface area contributed by atoms with Gasteiger partial charge in [0.25, 0.3) is 0 Å². The third-order valence-electron chi connectivity index (χ3n) is 4.07. The van der Waals surface area contributed by atoms with Crippen LogP contribution in [0.3, 0.4) is 0 Å². The molecule has 8 heteroatoms. The van der Waals surface area contributed by atoms with Crippen molar-refractivity contribution < 1.29 is 19.0 Å². The van der Waals surface area contributed by atoms with Crippen LogP contribution < -0.4 is 16.0 Å². The minimum atomic E-state index is -0.473. The summed E-state index contributed by atoms with van der Waals surface area (Å²) in [6.45, 7) is 13.7. The minimum Gasteiger partial charge on any atom is -0.444 e. The van der Waals surface area contributed by atoms with Crippen LogP contribution in [-0.2, 0) is 14.2 Å². The first-order valence-corrected chi connectivity index (χ1v) is 10.5. The lowest BCUT2D eigenvalue weighted by molar-refractivity contribution is 0.0203. The van der Waals surface area contributed by atoms with E-state index in [1.54, 1.807) is 0 Å². The van der Waals surface area contributed by atoms with Gasteiger partial charge >= 0.3 is 6.09 Å². The summed E-state index contributed by atoms with van der Waals surface area (Å²) >= 11 is 0. The van der Waals surface area contributed by atoms with Gasteiger partial charge in [0.1, 0.15) is 5.60 Å². The van der Waals surface area contributed by atoms with E-state index in [1.165, 1.54) is 0 Å². The third-order valence-corrected chi connectivity index (χ3v) is 4.07. The van der Waals surface area contributed by atoms with Crippen LogP contribution in [0, 0.1) is 5.92 Å². The molecule has 0 saturated carbocycles. The second-order valence-corrected chi connectivity index (χ2v) is 7.95. The van der Waals surface area contributed by atoms with Crippen LogP contribution in [0.1, 0.15) is 53.4 Å². The van der Waals surface area contributed by atoms with Gasteiger partial charge in [-0.1, -0.05) is 0 Å². The molecule has 0 aliphatic carbocycles. The second kappa shape index (κ2) is 14.5. The fourth-order valence-electron chi connectivity index (χ4n) is 2.66. The monoisotopic (exact) mass is 400 g/mol. The number of nitrogens with one attached hydrogen (secondary N) is 3. The van der Waals surface area contributed by atoms with Crippen molar-refractivity contribution in [3.05, 3.63) is 0 Å². The smallest absolute Gasteiger partial charge is 0.407 e. The number of guanidine groups is 1. The van der Waals surface area contributed by atoms with E-state index in [0.29, 0.717) is 19.0 Å². The summed E-state index contributed by atoms with van der Waals surface area (Å²) in [5.41, 5.74) is -0.473. The SMILES string of the molecule is CCNC(=NCCCNC(=O)OC(C)(C)C)NCCCOCC1CCOCC1. The van der Waals surface area contributed by atoms with E-state index in [2.05, 4.69) is 20.9 Å².